The number of phenolic OH excluding ortho intramolecular Hbond substituents is 1. The van der Waals surface area contributed by atoms with Gasteiger partial charge in [-0.15, -0.1) is 0 Å². The number of aromatic hydroxyl groups is 1. The topological polar surface area (TPSA) is 73.8 Å². The molecule has 42 heavy (non-hydrogen) atoms. The van der Waals surface area contributed by atoms with E-state index in [0.717, 1.165) is 73.9 Å². The Labute approximate surface area is 245 Å². The number of nitrogens with one attached hydrogen (secondary N) is 1. The highest BCUT2D eigenvalue weighted by atomic mass is 19.1. The lowest BCUT2D eigenvalue weighted by Crippen LogP contribution is -2.51. The number of hydrogen-bond donors (Lipinski definition) is 2. The Bertz CT molecular complexity index is 1700. The monoisotopic (exact) mass is 565 g/mol. The number of nitrogens with zero attached hydrogens (tertiary/aromatic N) is 4. The Hall–Kier alpha value is -3.75. The summed E-state index contributed by atoms with van der Waals surface area (Å²) in [4.78, 5) is 14.4. The molecule has 0 saturated carbocycles. The molecule has 0 amide bonds. The summed E-state index contributed by atoms with van der Waals surface area (Å²) in [7, 11) is 0. The molecular weight excluding hydrogens is 529 g/mol. The predicted molar refractivity (Wildman–Crippen MR) is 165 cm³/mol. The minimum absolute atomic E-state index is 0.0546. The van der Waals surface area contributed by atoms with Crippen LogP contribution in [0.4, 0.5) is 10.1 Å². The third-order valence-electron chi connectivity index (χ3n) is 10.1. The van der Waals surface area contributed by atoms with Crippen molar-refractivity contribution in [3.05, 3.63) is 60.6 Å². The van der Waals surface area contributed by atoms with Gasteiger partial charge in [-0.1, -0.05) is 30.9 Å². The normalized spacial score (nSPS) is 23.1. The molecule has 4 aliphatic heterocycles. The van der Waals surface area contributed by atoms with Gasteiger partial charge in [0.2, 0.25) is 5.88 Å². The number of halogens is 1. The summed E-state index contributed by atoms with van der Waals surface area (Å²) in [5, 5.41) is 16.5. The average molecular weight is 566 g/mol. The molecule has 4 saturated heterocycles. The van der Waals surface area contributed by atoms with E-state index >= 15 is 4.39 Å². The molecule has 0 radical (unpaired) electrons. The molecule has 2 unspecified atom stereocenters. The van der Waals surface area contributed by atoms with Crippen molar-refractivity contribution in [2.45, 2.75) is 56.1 Å². The van der Waals surface area contributed by atoms with Gasteiger partial charge in [-0.05, 0) is 80.1 Å². The van der Waals surface area contributed by atoms with E-state index in [2.05, 4.69) is 26.7 Å². The van der Waals surface area contributed by atoms with Gasteiger partial charge in [-0.2, -0.15) is 0 Å². The van der Waals surface area contributed by atoms with Gasteiger partial charge in [0.05, 0.1) is 11.2 Å². The molecule has 4 aliphatic rings. The molecule has 0 spiro atoms. The Kier molecular flexibility index (Phi) is 6.12. The highest BCUT2D eigenvalue weighted by Crippen LogP contribution is 2.42. The fourth-order valence-electron chi connectivity index (χ4n) is 8.10. The summed E-state index contributed by atoms with van der Waals surface area (Å²) in [6.45, 7) is 8.48. The zero-order valence-electron chi connectivity index (χ0n) is 23.8. The summed E-state index contributed by atoms with van der Waals surface area (Å²) in [6, 6.07) is 11.8. The first-order valence-corrected chi connectivity index (χ1v) is 15.3. The molecule has 2 N–H and O–H groups in total. The number of hydrogen-bond acceptors (Lipinski definition) is 7. The molecule has 8 heteroatoms. The van der Waals surface area contributed by atoms with Crippen LogP contribution in [0.2, 0.25) is 0 Å². The van der Waals surface area contributed by atoms with Crippen molar-refractivity contribution in [3.8, 4) is 22.9 Å². The quantitative estimate of drug-likeness (QED) is 0.302. The molecule has 2 bridgehead atoms. The standard InChI is InChI=1S/C34H36FN5O2/c1-2-21-6-3-7-22-14-25(41)15-26(30(21)22)32-31(35)33-27(17-36-32)28(39-18-23-8-9-24(19-39)37-23)16-29(38-33)42-20-34-10-4-12-40(34)13-5-11-34/h2-3,6-7,14-17,23-24,37,41H,1,4-5,8-13,18-20H2. The Morgan fingerprint density at radius 3 is 2.67 bits per heavy atom. The highest BCUT2D eigenvalue weighted by molar-refractivity contribution is 6.04. The third-order valence-corrected chi connectivity index (χ3v) is 10.1. The van der Waals surface area contributed by atoms with Crippen LogP contribution >= 0.6 is 0 Å². The lowest BCUT2D eigenvalue weighted by Gasteiger charge is -2.35. The lowest BCUT2D eigenvalue weighted by atomic mass is 9.95. The van der Waals surface area contributed by atoms with Gasteiger partial charge in [0, 0.05) is 48.4 Å². The van der Waals surface area contributed by atoms with Crippen LogP contribution in [0.3, 0.4) is 0 Å². The van der Waals surface area contributed by atoms with Gasteiger partial charge < -0.3 is 20.1 Å². The first-order chi connectivity index (χ1) is 20.5. The molecule has 7 nitrogen and oxygen atoms in total. The van der Waals surface area contributed by atoms with E-state index in [0.29, 0.717) is 35.5 Å². The van der Waals surface area contributed by atoms with Crippen LogP contribution in [-0.4, -0.2) is 70.4 Å². The van der Waals surface area contributed by atoms with Crippen molar-refractivity contribution in [1.29, 1.82) is 0 Å². The van der Waals surface area contributed by atoms with Crippen molar-refractivity contribution >= 4 is 33.4 Å². The van der Waals surface area contributed by atoms with Gasteiger partial charge in [-0.25, -0.2) is 9.37 Å². The minimum atomic E-state index is -0.510. The van der Waals surface area contributed by atoms with Crippen molar-refractivity contribution in [1.82, 2.24) is 20.2 Å². The molecule has 4 aromatic rings. The second-order valence-electron chi connectivity index (χ2n) is 12.6. The summed E-state index contributed by atoms with van der Waals surface area (Å²) < 4.78 is 23.3. The zero-order valence-corrected chi connectivity index (χ0v) is 23.8. The fraction of sp³-hybridized carbons (Fsp3) is 0.412. The van der Waals surface area contributed by atoms with Crippen LogP contribution in [0.25, 0.3) is 39.0 Å². The number of pyridine rings is 2. The largest absolute Gasteiger partial charge is 0.508 e. The summed E-state index contributed by atoms with van der Waals surface area (Å²) >= 11 is 0. The maximum Gasteiger partial charge on any atom is 0.216 e. The fourth-order valence-corrected chi connectivity index (χ4v) is 8.10. The summed E-state index contributed by atoms with van der Waals surface area (Å²) in [5.41, 5.74) is 2.76. The van der Waals surface area contributed by atoms with Crippen LogP contribution in [0.15, 0.2) is 49.2 Å². The van der Waals surface area contributed by atoms with Crippen LogP contribution in [0.1, 0.15) is 44.1 Å². The van der Waals surface area contributed by atoms with E-state index in [-0.39, 0.29) is 22.5 Å². The van der Waals surface area contributed by atoms with Crippen molar-refractivity contribution in [2.75, 3.05) is 37.7 Å². The van der Waals surface area contributed by atoms with E-state index in [9.17, 15) is 5.11 Å². The Balaban J connectivity index is 1.27. The minimum Gasteiger partial charge on any atom is -0.508 e. The molecular formula is C34H36FN5O2. The molecule has 2 aromatic carbocycles. The zero-order chi connectivity index (χ0) is 28.4. The SMILES string of the molecule is C=Cc1cccc2cc(O)cc(-c3ncc4c(N5CC6CCC(C5)N6)cc(OCC56CCCN5CCC6)nc4c3F)c12. The highest BCUT2D eigenvalue weighted by Gasteiger charge is 2.45. The molecule has 4 fully saturated rings. The molecule has 216 valence electrons. The van der Waals surface area contributed by atoms with Gasteiger partial charge in [0.15, 0.2) is 5.82 Å². The number of aromatic nitrogens is 2. The molecule has 2 atom stereocenters. The van der Waals surface area contributed by atoms with Crippen molar-refractivity contribution < 1.29 is 14.2 Å². The Morgan fingerprint density at radius 2 is 1.90 bits per heavy atom. The third kappa shape index (κ3) is 4.14. The number of piperazine rings is 1. The van der Waals surface area contributed by atoms with Crippen LogP contribution in [0.5, 0.6) is 11.6 Å². The summed E-state index contributed by atoms with van der Waals surface area (Å²) in [6.07, 6.45) is 10.4. The number of ether oxygens (including phenoxy) is 1. The van der Waals surface area contributed by atoms with Crippen molar-refractivity contribution in [3.63, 3.8) is 0 Å². The van der Waals surface area contributed by atoms with E-state index in [1.54, 1.807) is 24.4 Å². The molecule has 0 aliphatic carbocycles. The lowest BCUT2D eigenvalue weighted by molar-refractivity contribution is 0.111. The van der Waals surface area contributed by atoms with Gasteiger partial charge in [-0.3, -0.25) is 9.88 Å². The van der Waals surface area contributed by atoms with Gasteiger partial charge >= 0.3 is 0 Å². The number of rotatable bonds is 6. The molecule has 8 rings (SSSR count). The first-order valence-electron chi connectivity index (χ1n) is 15.3. The number of fused-ring (bicyclic) bond motifs is 5. The van der Waals surface area contributed by atoms with Gasteiger partial charge in [0.25, 0.3) is 0 Å². The Morgan fingerprint density at radius 1 is 1.12 bits per heavy atom. The maximum absolute atomic E-state index is 16.8. The van der Waals surface area contributed by atoms with E-state index in [1.807, 2.05) is 24.3 Å². The van der Waals surface area contributed by atoms with E-state index in [4.69, 9.17) is 9.72 Å². The second-order valence-corrected chi connectivity index (χ2v) is 12.6. The number of phenols is 1. The van der Waals surface area contributed by atoms with Crippen LogP contribution in [0, 0.1) is 5.82 Å². The smallest absolute Gasteiger partial charge is 0.216 e. The number of benzene rings is 2. The maximum atomic E-state index is 16.8. The second kappa shape index (κ2) is 9.92. The molecule has 2 aromatic heterocycles. The average Bonchev–Trinajstić information content (AvgIpc) is 3.68. The van der Waals surface area contributed by atoms with Crippen LogP contribution < -0.4 is 15.0 Å². The van der Waals surface area contributed by atoms with E-state index < -0.39 is 5.82 Å². The van der Waals surface area contributed by atoms with Crippen LogP contribution in [-0.2, 0) is 0 Å². The number of anilines is 1. The van der Waals surface area contributed by atoms with Gasteiger partial charge in [0.1, 0.15) is 23.6 Å². The summed E-state index contributed by atoms with van der Waals surface area (Å²) in [5.74, 6) is 0.00340. The van der Waals surface area contributed by atoms with E-state index in [1.165, 1.54) is 12.8 Å². The molecule has 6 heterocycles. The predicted octanol–water partition coefficient (Wildman–Crippen LogP) is 5.89. The van der Waals surface area contributed by atoms with Crippen molar-refractivity contribution in [2.24, 2.45) is 0 Å². The first kappa shape index (κ1) is 25.9.